The molecule has 0 aliphatic carbocycles. The predicted molar refractivity (Wildman–Crippen MR) is 37.6 cm³/mol. The van der Waals surface area contributed by atoms with E-state index in [0.717, 1.165) is 0 Å². The first-order valence-electron chi connectivity index (χ1n) is 3.12. The number of nitrogens with two attached hydrogens (primary N) is 1. The minimum Gasteiger partial charge on any atom is -0.481 e. The molecule has 0 aliphatic rings. The summed E-state index contributed by atoms with van der Waals surface area (Å²) in [7, 11) is 1.53. The van der Waals surface area contributed by atoms with Gasteiger partial charge in [-0.3, -0.25) is 4.79 Å². The van der Waals surface area contributed by atoms with Crippen LogP contribution in [0.1, 0.15) is 12.8 Å². The van der Waals surface area contributed by atoms with Gasteiger partial charge in [0.05, 0.1) is 6.73 Å². The minimum absolute atomic E-state index is 0.160. The highest BCUT2D eigenvalue weighted by Gasteiger charge is 1.96. The van der Waals surface area contributed by atoms with E-state index in [2.05, 4.69) is 4.65 Å². The third-order valence-corrected chi connectivity index (χ3v) is 0.927. The van der Waals surface area contributed by atoms with Crippen molar-refractivity contribution in [3.63, 3.8) is 0 Å². The van der Waals surface area contributed by atoms with Gasteiger partial charge in [-0.1, -0.05) is 6.32 Å². The van der Waals surface area contributed by atoms with Crippen LogP contribution in [0.3, 0.4) is 0 Å². The van der Waals surface area contributed by atoms with Gasteiger partial charge in [0, 0.05) is 6.42 Å². The van der Waals surface area contributed by atoms with Crippen LogP contribution in [-0.2, 0) is 9.45 Å². The Morgan fingerprint density at radius 2 is 2.40 bits per heavy atom. The number of aliphatic carboxylic acids is 1. The summed E-state index contributed by atoms with van der Waals surface area (Å²) in [5, 5.41) is 8.19. The number of carboxylic acids is 1. The summed E-state index contributed by atoms with van der Waals surface area (Å²) < 4.78 is 4.68. The van der Waals surface area contributed by atoms with Crippen molar-refractivity contribution >= 4 is 13.5 Å². The molecule has 0 spiro atoms. The Labute approximate surface area is 60.6 Å². The molecular weight excluding hydrogens is 133 g/mol. The minimum atomic E-state index is -0.777. The molecule has 0 unspecified atom stereocenters. The first-order valence-corrected chi connectivity index (χ1v) is 3.12. The largest absolute Gasteiger partial charge is 0.481 e. The monoisotopic (exact) mass is 144 g/mol. The van der Waals surface area contributed by atoms with Crippen molar-refractivity contribution in [3.05, 3.63) is 0 Å². The van der Waals surface area contributed by atoms with Gasteiger partial charge in [-0.2, -0.15) is 0 Å². The van der Waals surface area contributed by atoms with Crippen LogP contribution in [0.2, 0.25) is 6.32 Å². The molecule has 0 rings (SSSR count). The van der Waals surface area contributed by atoms with Gasteiger partial charge in [-0.15, -0.1) is 0 Å². The van der Waals surface area contributed by atoms with Crippen molar-refractivity contribution in [2.75, 3.05) is 6.73 Å². The molecule has 57 valence electrons. The van der Waals surface area contributed by atoms with Crippen molar-refractivity contribution in [1.82, 2.24) is 0 Å². The van der Waals surface area contributed by atoms with Crippen LogP contribution in [-0.4, -0.2) is 25.3 Å². The second kappa shape index (κ2) is 6.57. The van der Waals surface area contributed by atoms with E-state index in [9.17, 15) is 4.79 Å². The lowest BCUT2D eigenvalue weighted by molar-refractivity contribution is -0.137. The van der Waals surface area contributed by atoms with Gasteiger partial charge in [0.25, 0.3) is 7.48 Å². The zero-order chi connectivity index (χ0) is 7.82. The van der Waals surface area contributed by atoms with E-state index in [1.807, 2.05) is 0 Å². The maximum Gasteiger partial charge on any atom is 0.303 e. The number of carbonyl (C=O) groups is 1. The van der Waals surface area contributed by atoms with Gasteiger partial charge in [0.1, 0.15) is 0 Å². The third kappa shape index (κ3) is 7.45. The molecule has 0 aromatic rings. The van der Waals surface area contributed by atoms with Crippen molar-refractivity contribution < 1.29 is 14.6 Å². The summed E-state index contributed by atoms with van der Waals surface area (Å²) >= 11 is 0. The molecule has 5 heteroatoms. The van der Waals surface area contributed by atoms with E-state index >= 15 is 0 Å². The lowest BCUT2D eigenvalue weighted by atomic mass is 9.92. The molecule has 0 atom stereocenters. The van der Waals surface area contributed by atoms with E-state index in [0.29, 0.717) is 12.7 Å². The summed E-state index contributed by atoms with van der Waals surface area (Å²) in [6, 6.07) is 0. The normalized spacial score (nSPS) is 9.30. The van der Waals surface area contributed by atoms with E-state index in [1.54, 1.807) is 0 Å². The second-order valence-corrected chi connectivity index (χ2v) is 1.79. The third-order valence-electron chi connectivity index (χ3n) is 0.927. The highest BCUT2D eigenvalue weighted by molar-refractivity contribution is 6.27. The Morgan fingerprint density at radius 3 is 2.90 bits per heavy atom. The number of hydrogen-bond acceptors (Lipinski definition) is 3. The quantitative estimate of drug-likeness (QED) is 0.308. The van der Waals surface area contributed by atoms with Crippen LogP contribution in [0, 0.1) is 0 Å². The summed E-state index contributed by atoms with van der Waals surface area (Å²) in [6.45, 7) is 0.160. The Kier molecular flexibility index (Phi) is 6.21. The van der Waals surface area contributed by atoms with Gasteiger partial charge in [-0.05, 0) is 6.42 Å². The standard InChI is InChI=1S/C5H11BNO3/c7-4-10-6-3-1-2-5(8)9/h1-4,7H2,(H,8,9). The predicted octanol–water partition coefficient (Wildman–Crippen LogP) is -0.179. The van der Waals surface area contributed by atoms with Gasteiger partial charge in [0.15, 0.2) is 0 Å². The summed E-state index contributed by atoms with van der Waals surface area (Å²) in [5.41, 5.74) is 5.00. The van der Waals surface area contributed by atoms with Crippen LogP contribution in [0.15, 0.2) is 0 Å². The summed E-state index contributed by atoms with van der Waals surface area (Å²) in [4.78, 5) is 9.95. The fraction of sp³-hybridized carbons (Fsp3) is 0.800. The zero-order valence-electron chi connectivity index (χ0n) is 5.75. The van der Waals surface area contributed by atoms with Gasteiger partial charge >= 0.3 is 5.97 Å². The first kappa shape index (κ1) is 9.45. The van der Waals surface area contributed by atoms with Gasteiger partial charge in [0.2, 0.25) is 0 Å². The Morgan fingerprint density at radius 1 is 1.70 bits per heavy atom. The highest BCUT2D eigenvalue weighted by Crippen LogP contribution is 1.94. The Balaban J connectivity index is 2.84. The molecule has 0 saturated heterocycles. The fourth-order valence-electron chi connectivity index (χ4n) is 0.488. The first-order chi connectivity index (χ1) is 4.77. The molecule has 0 aromatic carbocycles. The van der Waals surface area contributed by atoms with E-state index in [-0.39, 0.29) is 13.2 Å². The van der Waals surface area contributed by atoms with Crippen LogP contribution in [0.5, 0.6) is 0 Å². The summed E-state index contributed by atoms with van der Waals surface area (Å²) in [5.74, 6) is -0.777. The molecule has 0 fully saturated rings. The molecule has 10 heavy (non-hydrogen) atoms. The highest BCUT2D eigenvalue weighted by atomic mass is 16.4. The van der Waals surface area contributed by atoms with Crippen molar-refractivity contribution in [2.45, 2.75) is 19.2 Å². The lowest BCUT2D eigenvalue weighted by Crippen LogP contribution is -2.08. The molecule has 0 aromatic heterocycles. The van der Waals surface area contributed by atoms with E-state index in [4.69, 9.17) is 10.8 Å². The van der Waals surface area contributed by atoms with Crippen molar-refractivity contribution in [1.29, 1.82) is 0 Å². The van der Waals surface area contributed by atoms with Gasteiger partial charge < -0.3 is 15.5 Å². The molecular formula is C5H11BNO3. The lowest BCUT2D eigenvalue weighted by Gasteiger charge is -1.95. The SMILES string of the molecule is NCO[B]CCCC(=O)O. The van der Waals surface area contributed by atoms with Crippen LogP contribution < -0.4 is 5.73 Å². The number of hydrogen-bond donors (Lipinski definition) is 2. The Bertz CT molecular complexity index is 98.9. The maximum atomic E-state index is 9.95. The van der Waals surface area contributed by atoms with Crippen LogP contribution in [0.25, 0.3) is 0 Å². The van der Waals surface area contributed by atoms with Gasteiger partial charge in [-0.25, -0.2) is 0 Å². The van der Waals surface area contributed by atoms with Crippen LogP contribution in [0.4, 0.5) is 0 Å². The molecule has 1 radical (unpaired) electrons. The average molecular weight is 144 g/mol. The second-order valence-electron chi connectivity index (χ2n) is 1.79. The molecule has 4 nitrogen and oxygen atoms in total. The van der Waals surface area contributed by atoms with E-state index < -0.39 is 5.97 Å². The molecule has 0 aliphatic heterocycles. The maximum absolute atomic E-state index is 9.95. The zero-order valence-corrected chi connectivity index (χ0v) is 5.75. The van der Waals surface area contributed by atoms with Crippen molar-refractivity contribution in [3.8, 4) is 0 Å². The summed E-state index contributed by atoms with van der Waals surface area (Å²) in [6.07, 6.45) is 1.43. The van der Waals surface area contributed by atoms with E-state index in [1.165, 1.54) is 7.48 Å². The average Bonchev–Trinajstić information content (AvgIpc) is 1.87. The fourth-order valence-corrected chi connectivity index (χ4v) is 0.488. The smallest absolute Gasteiger partial charge is 0.303 e. The molecule has 3 N–H and O–H groups in total. The molecule has 0 saturated carbocycles. The molecule has 0 heterocycles. The number of carboxylic acid groups (broad SMARTS) is 1. The molecule has 0 bridgehead atoms. The Hall–Kier alpha value is -0.545. The number of rotatable bonds is 6. The molecule has 0 amide bonds. The van der Waals surface area contributed by atoms with Crippen molar-refractivity contribution in [2.24, 2.45) is 5.73 Å². The van der Waals surface area contributed by atoms with Crippen LogP contribution >= 0.6 is 0 Å². The topological polar surface area (TPSA) is 72.5 Å².